The maximum Gasteiger partial charge on any atom is 0.404 e. The number of primary amides is 1. The van der Waals surface area contributed by atoms with Crippen molar-refractivity contribution in [3.05, 3.63) is 35.9 Å². The average Bonchev–Trinajstić information content (AvgIpc) is 2.25. The van der Waals surface area contributed by atoms with Crippen molar-refractivity contribution in [1.82, 2.24) is 0 Å². The predicted octanol–water partition coefficient (Wildman–Crippen LogP) is 2.32. The van der Waals surface area contributed by atoms with Crippen molar-refractivity contribution in [3.63, 3.8) is 0 Å². The van der Waals surface area contributed by atoms with Gasteiger partial charge in [0, 0.05) is 0 Å². The molecule has 0 aliphatic heterocycles. The molecule has 0 bridgehead atoms. The zero-order valence-corrected chi connectivity index (χ0v) is 9.11. The summed E-state index contributed by atoms with van der Waals surface area (Å²) in [6.45, 7) is 0. The van der Waals surface area contributed by atoms with Crippen molar-refractivity contribution in [2.45, 2.75) is 18.9 Å². The van der Waals surface area contributed by atoms with Gasteiger partial charge in [-0.3, -0.25) is 0 Å². The van der Waals surface area contributed by atoms with Crippen molar-refractivity contribution in [2.75, 3.05) is 5.88 Å². The lowest BCUT2D eigenvalue weighted by Crippen LogP contribution is -2.24. The molecule has 0 aliphatic carbocycles. The van der Waals surface area contributed by atoms with E-state index in [0.29, 0.717) is 6.42 Å². The summed E-state index contributed by atoms with van der Waals surface area (Å²) in [5.41, 5.74) is 6.11. The van der Waals surface area contributed by atoms with Crippen LogP contribution in [0.4, 0.5) is 4.79 Å². The summed E-state index contributed by atoms with van der Waals surface area (Å²) in [5.74, 6) is 0.274. The summed E-state index contributed by atoms with van der Waals surface area (Å²) in [7, 11) is 0. The van der Waals surface area contributed by atoms with Gasteiger partial charge in [0.15, 0.2) is 0 Å². The van der Waals surface area contributed by atoms with Crippen LogP contribution < -0.4 is 5.73 Å². The van der Waals surface area contributed by atoms with Crippen LogP contribution in [-0.4, -0.2) is 18.1 Å². The molecule has 82 valence electrons. The van der Waals surface area contributed by atoms with E-state index in [2.05, 4.69) is 0 Å². The first-order valence-corrected chi connectivity index (χ1v) is 5.32. The third-order valence-corrected chi connectivity index (χ3v) is 2.40. The van der Waals surface area contributed by atoms with Crippen LogP contribution in [0.2, 0.25) is 0 Å². The Morgan fingerprint density at radius 1 is 1.40 bits per heavy atom. The van der Waals surface area contributed by atoms with Crippen LogP contribution in [0.3, 0.4) is 0 Å². The Hall–Kier alpha value is -1.22. The zero-order chi connectivity index (χ0) is 11.1. The SMILES string of the molecule is NC(=O)OC(CCl)CCc1ccccc1. The van der Waals surface area contributed by atoms with Gasteiger partial charge < -0.3 is 10.5 Å². The van der Waals surface area contributed by atoms with Crippen molar-refractivity contribution in [3.8, 4) is 0 Å². The number of halogens is 1. The lowest BCUT2D eigenvalue weighted by atomic mass is 10.1. The van der Waals surface area contributed by atoms with Crippen molar-refractivity contribution in [2.24, 2.45) is 5.73 Å². The van der Waals surface area contributed by atoms with Crippen LogP contribution in [0.1, 0.15) is 12.0 Å². The summed E-state index contributed by atoms with van der Waals surface area (Å²) in [6, 6.07) is 9.95. The quantitative estimate of drug-likeness (QED) is 0.785. The molecule has 1 atom stereocenters. The van der Waals surface area contributed by atoms with Crippen LogP contribution in [0.5, 0.6) is 0 Å². The second-order valence-corrected chi connectivity index (χ2v) is 3.55. The number of rotatable bonds is 5. The molecule has 1 unspecified atom stereocenters. The smallest absolute Gasteiger partial charge is 0.404 e. The highest BCUT2D eigenvalue weighted by atomic mass is 35.5. The number of carbonyl (C=O) groups excluding carboxylic acids is 1. The molecule has 1 amide bonds. The maximum absolute atomic E-state index is 10.5. The third kappa shape index (κ3) is 4.70. The molecule has 15 heavy (non-hydrogen) atoms. The third-order valence-electron chi connectivity index (χ3n) is 2.05. The van der Waals surface area contributed by atoms with Crippen LogP contribution in [0.25, 0.3) is 0 Å². The van der Waals surface area contributed by atoms with Gasteiger partial charge in [-0.1, -0.05) is 30.3 Å². The molecule has 0 aliphatic rings. The van der Waals surface area contributed by atoms with Crippen LogP contribution in [-0.2, 0) is 11.2 Å². The fourth-order valence-electron chi connectivity index (χ4n) is 1.30. The van der Waals surface area contributed by atoms with Gasteiger partial charge in [0.2, 0.25) is 0 Å². The standard InChI is InChI=1S/C11H14ClNO2/c12-8-10(15-11(13)14)7-6-9-4-2-1-3-5-9/h1-5,10H,6-8H2,(H2,13,14). The van der Waals surface area contributed by atoms with E-state index in [4.69, 9.17) is 22.1 Å². The first-order valence-electron chi connectivity index (χ1n) is 4.78. The minimum Gasteiger partial charge on any atom is -0.445 e. The minimum atomic E-state index is -0.770. The van der Waals surface area contributed by atoms with Gasteiger partial charge in [0.05, 0.1) is 5.88 Å². The Balaban J connectivity index is 2.37. The summed E-state index contributed by atoms with van der Waals surface area (Å²) in [4.78, 5) is 10.5. The molecule has 0 saturated carbocycles. The predicted molar refractivity (Wildman–Crippen MR) is 59.9 cm³/mol. The first kappa shape index (κ1) is 11.9. The number of carbonyl (C=O) groups is 1. The maximum atomic E-state index is 10.5. The van der Waals surface area contributed by atoms with Gasteiger partial charge in [0.25, 0.3) is 0 Å². The summed E-state index contributed by atoms with van der Waals surface area (Å²) >= 11 is 5.65. The second-order valence-electron chi connectivity index (χ2n) is 3.24. The molecular weight excluding hydrogens is 214 g/mol. The molecule has 0 heterocycles. The highest BCUT2D eigenvalue weighted by Crippen LogP contribution is 2.08. The molecule has 0 fully saturated rings. The Bertz CT molecular complexity index is 303. The largest absolute Gasteiger partial charge is 0.445 e. The average molecular weight is 228 g/mol. The lowest BCUT2D eigenvalue weighted by molar-refractivity contribution is 0.113. The Morgan fingerprint density at radius 2 is 2.07 bits per heavy atom. The topological polar surface area (TPSA) is 52.3 Å². The van der Waals surface area contributed by atoms with E-state index in [0.717, 1.165) is 6.42 Å². The molecule has 0 aromatic heterocycles. The number of hydrogen-bond acceptors (Lipinski definition) is 2. The molecule has 0 spiro atoms. The van der Waals surface area contributed by atoms with Gasteiger partial charge >= 0.3 is 6.09 Å². The molecule has 1 rings (SSSR count). The Morgan fingerprint density at radius 3 is 2.60 bits per heavy atom. The van der Waals surface area contributed by atoms with Crippen LogP contribution in [0, 0.1) is 0 Å². The summed E-state index contributed by atoms with van der Waals surface area (Å²) in [6.07, 6.45) is 0.445. The van der Waals surface area contributed by atoms with E-state index in [1.807, 2.05) is 30.3 Å². The van der Waals surface area contributed by atoms with Crippen LogP contribution in [0.15, 0.2) is 30.3 Å². The van der Waals surface area contributed by atoms with Gasteiger partial charge in [-0.15, -0.1) is 11.6 Å². The zero-order valence-electron chi connectivity index (χ0n) is 8.36. The van der Waals surface area contributed by atoms with Crippen molar-refractivity contribution < 1.29 is 9.53 Å². The number of aryl methyl sites for hydroxylation is 1. The van der Waals surface area contributed by atoms with Crippen molar-refractivity contribution in [1.29, 1.82) is 0 Å². The summed E-state index contributed by atoms with van der Waals surface area (Å²) < 4.78 is 4.83. The number of hydrogen-bond donors (Lipinski definition) is 1. The highest BCUT2D eigenvalue weighted by Gasteiger charge is 2.10. The number of benzene rings is 1. The number of ether oxygens (including phenoxy) is 1. The normalized spacial score (nSPS) is 12.1. The van der Waals surface area contributed by atoms with Gasteiger partial charge in [-0.05, 0) is 18.4 Å². The van der Waals surface area contributed by atoms with E-state index < -0.39 is 6.09 Å². The van der Waals surface area contributed by atoms with E-state index in [9.17, 15) is 4.79 Å². The first-order chi connectivity index (χ1) is 7.22. The van der Waals surface area contributed by atoms with Gasteiger partial charge in [-0.2, -0.15) is 0 Å². The molecular formula is C11H14ClNO2. The van der Waals surface area contributed by atoms with E-state index in [-0.39, 0.29) is 12.0 Å². The van der Waals surface area contributed by atoms with E-state index in [1.165, 1.54) is 5.56 Å². The molecule has 1 aromatic rings. The minimum absolute atomic E-state index is 0.274. The molecule has 4 heteroatoms. The molecule has 2 N–H and O–H groups in total. The molecule has 1 aromatic carbocycles. The second kappa shape index (κ2) is 6.30. The fourth-order valence-corrected chi connectivity index (χ4v) is 1.52. The van der Waals surface area contributed by atoms with Gasteiger partial charge in [0.1, 0.15) is 6.10 Å². The molecule has 0 saturated heterocycles. The molecule has 3 nitrogen and oxygen atoms in total. The highest BCUT2D eigenvalue weighted by molar-refractivity contribution is 6.18. The van der Waals surface area contributed by atoms with Crippen molar-refractivity contribution >= 4 is 17.7 Å². The lowest BCUT2D eigenvalue weighted by Gasteiger charge is -2.13. The number of amides is 1. The number of nitrogens with two attached hydrogens (primary N) is 1. The van der Waals surface area contributed by atoms with Gasteiger partial charge in [-0.25, -0.2) is 4.79 Å². The van der Waals surface area contributed by atoms with Crippen LogP contribution >= 0.6 is 11.6 Å². The Labute approximate surface area is 94.2 Å². The van der Waals surface area contributed by atoms with E-state index in [1.54, 1.807) is 0 Å². The molecule has 0 radical (unpaired) electrons. The fraction of sp³-hybridized carbons (Fsp3) is 0.364. The monoisotopic (exact) mass is 227 g/mol. The van der Waals surface area contributed by atoms with E-state index >= 15 is 0 Å². The Kier molecular flexibility index (Phi) is 4.98. The number of alkyl halides is 1. The summed E-state index contributed by atoms with van der Waals surface area (Å²) in [5, 5.41) is 0.